The van der Waals surface area contributed by atoms with Crippen LogP contribution in [0.1, 0.15) is 24.0 Å². The fourth-order valence-electron chi connectivity index (χ4n) is 2.26. The molecule has 2 rings (SSSR count). The number of nitrogens with two attached hydrogens (primary N) is 1. The van der Waals surface area contributed by atoms with E-state index in [4.69, 9.17) is 10.5 Å². The monoisotopic (exact) mass is 259 g/mol. The number of aromatic nitrogens is 2. The van der Waals surface area contributed by atoms with Crippen molar-refractivity contribution in [3.8, 4) is 17.0 Å². The molecule has 0 aliphatic carbocycles. The fraction of sp³-hybridized carbons (Fsp3) is 0.400. The van der Waals surface area contributed by atoms with E-state index < -0.39 is 0 Å². The summed E-state index contributed by atoms with van der Waals surface area (Å²) < 4.78 is 5.36. The van der Waals surface area contributed by atoms with E-state index in [1.165, 1.54) is 5.56 Å². The first-order chi connectivity index (χ1) is 9.19. The summed E-state index contributed by atoms with van der Waals surface area (Å²) in [6.45, 7) is 4.77. The zero-order valence-electron chi connectivity index (χ0n) is 11.8. The molecule has 102 valence electrons. The van der Waals surface area contributed by atoms with Crippen LogP contribution in [0.25, 0.3) is 11.3 Å². The molecule has 0 aliphatic heterocycles. The van der Waals surface area contributed by atoms with Gasteiger partial charge >= 0.3 is 0 Å². The van der Waals surface area contributed by atoms with Gasteiger partial charge in [-0.25, -0.2) is 4.98 Å². The second kappa shape index (κ2) is 5.89. The summed E-state index contributed by atoms with van der Waals surface area (Å²) >= 11 is 0. The minimum absolute atomic E-state index is 0.606. The van der Waals surface area contributed by atoms with Crippen molar-refractivity contribution >= 4 is 0 Å². The molecule has 4 nitrogen and oxygen atoms in total. The topological polar surface area (TPSA) is 63.9 Å². The lowest BCUT2D eigenvalue weighted by atomic mass is 10.0. The highest BCUT2D eigenvalue weighted by molar-refractivity contribution is 5.64. The second-order valence-corrected chi connectivity index (χ2v) is 4.58. The molecule has 0 bridgehead atoms. The van der Waals surface area contributed by atoms with Gasteiger partial charge < -0.3 is 15.5 Å². The Balaban J connectivity index is 2.41. The molecule has 4 heteroatoms. The maximum absolute atomic E-state index is 5.57. The summed E-state index contributed by atoms with van der Waals surface area (Å²) in [7, 11) is 1.70. The van der Waals surface area contributed by atoms with E-state index >= 15 is 0 Å². The predicted octanol–water partition coefficient (Wildman–Crippen LogP) is 2.46. The molecular formula is C15H21N3O. The summed E-state index contributed by atoms with van der Waals surface area (Å²) in [6.07, 6.45) is 1.72. The SMILES string of the molecule is CCc1cc(-c2nc(CCN)[nH]c2C)ccc1OC. The molecule has 0 fully saturated rings. The normalized spacial score (nSPS) is 10.7. The number of methoxy groups -OCH3 is 1. The van der Waals surface area contributed by atoms with Crippen molar-refractivity contribution in [1.82, 2.24) is 9.97 Å². The lowest BCUT2D eigenvalue weighted by molar-refractivity contribution is 0.410. The third kappa shape index (κ3) is 2.79. The Hall–Kier alpha value is -1.81. The Morgan fingerprint density at radius 2 is 2.16 bits per heavy atom. The first kappa shape index (κ1) is 13.6. The third-order valence-corrected chi connectivity index (χ3v) is 3.25. The van der Waals surface area contributed by atoms with Crippen LogP contribution in [-0.2, 0) is 12.8 Å². The van der Waals surface area contributed by atoms with Crippen LogP contribution >= 0.6 is 0 Å². The Kier molecular flexibility index (Phi) is 4.22. The van der Waals surface area contributed by atoms with Gasteiger partial charge in [-0.1, -0.05) is 6.92 Å². The van der Waals surface area contributed by atoms with Crippen LogP contribution in [0.5, 0.6) is 5.75 Å². The van der Waals surface area contributed by atoms with Gasteiger partial charge in [-0.3, -0.25) is 0 Å². The summed E-state index contributed by atoms with van der Waals surface area (Å²) in [5, 5.41) is 0. The van der Waals surface area contributed by atoms with Gasteiger partial charge in [0, 0.05) is 17.7 Å². The average Bonchev–Trinajstić information content (AvgIpc) is 2.79. The maximum Gasteiger partial charge on any atom is 0.122 e. The van der Waals surface area contributed by atoms with Crippen LogP contribution in [-0.4, -0.2) is 23.6 Å². The minimum Gasteiger partial charge on any atom is -0.496 e. The molecule has 1 aromatic heterocycles. The lowest BCUT2D eigenvalue weighted by Crippen LogP contribution is -2.03. The molecule has 0 atom stereocenters. The second-order valence-electron chi connectivity index (χ2n) is 4.58. The molecular weight excluding hydrogens is 238 g/mol. The minimum atomic E-state index is 0.606. The number of nitrogens with zero attached hydrogens (tertiary/aromatic N) is 1. The Morgan fingerprint density at radius 3 is 2.79 bits per heavy atom. The van der Waals surface area contributed by atoms with E-state index in [-0.39, 0.29) is 0 Å². The van der Waals surface area contributed by atoms with E-state index in [1.807, 2.05) is 19.1 Å². The van der Waals surface area contributed by atoms with Crippen molar-refractivity contribution in [2.75, 3.05) is 13.7 Å². The molecule has 0 saturated carbocycles. The van der Waals surface area contributed by atoms with Crippen molar-refractivity contribution in [2.45, 2.75) is 26.7 Å². The summed E-state index contributed by atoms with van der Waals surface area (Å²) in [5.41, 5.74) is 9.96. The zero-order chi connectivity index (χ0) is 13.8. The molecule has 1 aromatic carbocycles. The lowest BCUT2D eigenvalue weighted by Gasteiger charge is -2.08. The summed E-state index contributed by atoms with van der Waals surface area (Å²) in [5.74, 6) is 1.88. The number of imidazole rings is 1. The van der Waals surface area contributed by atoms with Gasteiger partial charge in [0.25, 0.3) is 0 Å². The van der Waals surface area contributed by atoms with E-state index in [1.54, 1.807) is 7.11 Å². The number of hydrogen-bond donors (Lipinski definition) is 2. The molecule has 0 unspecified atom stereocenters. The zero-order valence-corrected chi connectivity index (χ0v) is 11.8. The first-order valence-electron chi connectivity index (χ1n) is 6.62. The smallest absolute Gasteiger partial charge is 0.122 e. The number of ether oxygens (including phenoxy) is 1. The van der Waals surface area contributed by atoms with Crippen molar-refractivity contribution in [2.24, 2.45) is 5.73 Å². The highest BCUT2D eigenvalue weighted by Gasteiger charge is 2.11. The molecule has 0 spiro atoms. The van der Waals surface area contributed by atoms with Gasteiger partial charge in [0.05, 0.1) is 12.8 Å². The van der Waals surface area contributed by atoms with Crippen LogP contribution in [0.3, 0.4) is 0 Å². The molecule has 2 aromatic rings. The number of H-pyrrole nitrogens is 1. The number of aryl methyl sites for hydroxylation is 2. The molecule has 0 amide bonds. The van der Waals surface area contributed by atoms with Crippen molar-refractivity contribution < 1.29 is 4.74 Å². The number of aromatic amines is 1. The quantitative estimate of drug-likeness (QED) is 0.867. The average molecular weight is 259 g/mol. The highest BCUT2D eigenvalue weighted by Crippen LogP contribution is 2.27. The standard InChI is InChI=1S/C15H21N3O/c1-4-11-9-12(5-6-13(11)19-3)15-10(2)17-14(18-15)7-8-16/h5-6,9H,4,7-8,16H2,1-3H3,(H,17,18). The number of rotatable bonds is 5. The van der Waals surface area contributed by atoms with Gasteiger partial charge in [-0.2, -0.15) is 0 Å². The Labute approximate surface area is 114 Å². The summed E-state index contributed by atoms with van der Waals surface area (Å²) in [6, 6.07) is 6.20. The number of nitrogens with one attached hydrogen (secondary N) is 1. The predicted molar refractivity (Wildman–Crippen MR) is 77.4 cm³/mol. The number of hydrogen-bond acceptors (Lipinski definition) is 3. The van der Waals surface area contributed by atoms with Gasteiger partial charge in [-0.05, 0) is 43.7 Å². The highest BCUT2D eigenvalue weighted by atomic mass is 16.5. The molecule has 1 heterocycles. The van der Waals surface area contributed by atoms with Crippen molar-refractivity contribution in [1.29, 1.82) is 0 Å². The van der Waals surface area contributed by atoms with E-state index in [2.05, 4.69) is 23.0 Å². The van der Waals surface area contributed by atoms with Crippen LogP contribution in [0, 0.1) is 6.92 Å². The largest absolute Gasteiger partial charge is 0.496 e. The molecule has 0 aliphatic rings. The van der Waals surface area contributed by atoms with Gasteiger partial charge in [0.15, 0.2) is 0 Å². The first-order valence-corrected chi connectivity index (χ1v) is 6.62. The van der Waals surface area contributed by atoms with Gasteiger partial charge in [-0.15, -0.1) is 0 Å². The van der Waals surface area contributed by atoms with Crippen LogP contribution in [0.2, 0.25) is 0 Å². The van der Waals surface area contributed by atoms with Crippen molar-refractivity contribution in [3.05, 3.63) is 35.3 Å². The van der Waals surface area contributed by atoms with Crippen LogP contribution in [0.15, 0.2) is 18.2 Å². The Morgan fingerprint density at radius 1 is 1.37 bits per heavy atom. The van der Waals surface area contributed by atoms with E-state index in [0.717, 1.165) is 41.4 Å². The van der Waals surface area contributed by atoms with E-state index in [0.29, 0.717) is 6.54 Å². The van der Waals surface area contributed by atoms with Gasteiger partial charge in [0.2, 0.25) is 0 Å². The fourth-order valence-corrected chi connectivity index (χ4v) is 2.26. The number of benzene rings is 1. The van der Waals surface area contributed by atoms with Crippen LogP contribution < -0.4 is 10.5 Å². The van der Waals surface area contributed by atoms with Crippen LogP contribution in [0.4, 0.5) is 0 Å². The Bertz CT molecular complexity index is 561. The van der Waals surface area contributed by atoms with E-state index in [9.17, 15) is 0 Å². The molecule has 3 N–H and O–H groups in total. The van der Waals surface area contributed by atoms with Crippen molar-refractivity contribution in [3.63, 3.8) is 0 Å². The summed E-state index contributed by atoms with van der Waals surface area (Å²) in [4.78, 5) is 7.91. The van der Waals surface area contributed by atoms with Gasteiger partial charge in [0.1, 0.15) is 11.6 Å². The molecule has 0 radical (unpaired) electrons. The third-order valence-electron chi connectivity index (χ3n) is 3.25. The maximum atomic E-state index is 5.57. The molecule has 19 heavy (non-hydrogen) atoms. The molecule has 0 saturated heterocycles.